The van der Waals surface area contributed by atoms with Crippen molar-refractivity contribution in [2.45, 2.75) is 19.3 Å². The van der Waals surface area contributed by atoms with Crippen LogP contribution in [0.3, 0.4) is 0 Å². The number of benzene rings is 4. The first-order valence-corrected chi connectivity index (χ1v) is 13.0. The van der Waals surface area contributed by atoms with Crippen LogP contribution in [0.1, 0.15) is 29.7 Å². The lowest BCUT2D eigenvalue weighted by Gasteiger charge is -2.25. The van der Waals surface area contributed by atoms with Crippen molar-refractivity contribution in [3.8, 4) is 28.1 Å². The molecule has 3 heteroatoms. The minimum absolute atomic E-state index is 0.686. The molecule has 6 rings (SSSR count). The van der Waals surface area contributed by atoms with Crippen LogP contribution < -0.4 is 4.74 Å². The molecule has 0 saturated carbocycles. The maximum atomic E-state index is 6.62. The van der Waals surface area contributed by atoms with Crippen LogP contribution in [0, 0.1) is 0 Å². The second kappa shape index (κ2) is 10.5. The maximum Gasteiger partial charge on any atom is 0.139 e. The molecule has 0 fully saturated rings. The van der Waals surface area contributed by atoms with Crippen LogP contribution in [0.4, 0.5) is 0 Å². The number of rotatable bonds is 5. The summed E-state index contributed by atoms with van der Waals surface area (Å²) in [6, 6.07) is 41.2. The fraction of sp³-hybridized carbons (Fsp3) is 0.0882. The van der Waals surface area contributed by atoms with E-state index in [0.29, 0.717) is 5.02 Å². The van der Waals surface area contributed by atoms with Crippen molar-refractivity contribution in [3.05, 3.63) is 143 Å². The van der Waals surface area contributed by atoms with Gasteiger partial charge in [0.2, 0.25) is 0 Å². The van der Waals surface area contributed by atoms with Crippen LogP contribution in [0.25, 0.3) is 33.7 Å². The van der Waals surface area contributed by atoms with E-state index in [1.165, 1.54) is 16.7 Å². The minimum Gasteiger partial charge on any atom is -0.456 e. The molecule has 1 heterocycles. The third-order valence-electron chi connectivity index (χ3n) is 6.76. The monoisotopic (exact) mass is 499 g/mol. The summed E-state index contributed by atoms with van der Waals surface area (Å²) in [5, 5.41) is 0.686. The molecule has 1 aliphatic carbocycles. The van der Waals surface area contributed by atoms with Crippen molar-refractivity contribution in [3.63, 3.8) is 0 Å². The average Bonchev–Trinajstić information content (AvgIpc) is 2.97. The first kappa shape index (κ1) is 23.3. The van der Waals surface area contributed by atoms with Crippen LogP contribution in [-0.4, -0.2) is 4.98 Å². The zero-order valence-electron chi connectivity index (χ0n) is 20.4. The Kier molecular flexibility index (Phi) is 6.58. The molecule has 37 heavy (non-hydrogen) atoms. The van der Waals surface area contributed by atoms with E-state index in [9.17, 15) is 0 Å². The van der Waals surface area contributed by atoms with Gasteiger partial charge in [0.25, 0.3) is 0 Å². The normalized spacial score (nSPS) is 14.1. The first-order valence-electron chi connectivity index (χ1n) is 12.6. The lowest BCUT2D eigenvalue weighted by molar-refractivity contribution is 0.514. The fourth-order valence-electron chi connectivity index (χ4n) is 4.99. The van der Waals surface area contributed by atoms with Gasteiger partial charge in [0, 0.05) is 21.7 Å². The Balaban J connectivity index is 1.61. The SMILES string of the molecule is Clc1ccc(OC(=C2CCCc3c(-c4ccccc4)cc(-c4ccccc4)nc32)c2ccccc2)cc1. The summed E-state index contributed by atoms with van der Waals surface area (Å²) < 4.78 is 6.62. The minimum atomic E-state index is 0.686. The Hall–Kier alpha value is -4.14. The van der Waals surface area contributed by atoms with Crippen molar-refractivity contribution in [1.29, 1.82) is 0 Å². The highest BCUT2D eigenvalue weighted by Gasteiger charge is 2.26. The number of hydrogen-bond acceptors (Lipinski definition) is 2. The van der Waals surface area contributed by atoms with E-state index in [1.807, 2.05) is 48.5 Å². The molecule has 0 bridgehead atoms. The topological polar surface area (TPSA) is 22.1 Å². The molecular formula is C34H26ClNO. The second-order valence-corrected chi connectivity index (χ2v) is 9.63. The number of halogens is 1. The third-order valence-corrected chi connectivity index (χ3v) is 7.01. The van der Waals surface area contributed by atoms with E-state index in [4.69, 9.17) is 21.3 Å². The second-order valence-electron chi connectivity index (χ2n) is 9.20. The molecule has 0 spiro atoms. The zero-order valence-corrected chi connectivity index (χ0v) is 21.2. The van der Waals surface area contributed by atoms with E-state index in [-0.39, 0.29) is 0 Å². The first-order chi connectivity index (χ1) is 18.3. The van der Waals surface area contributed by atoms with Crippen molar-refractivity contribution >= 4 is 22.9 Å². The molecule has 2 nitrogen and oxygen atoms in total. The number of fused-ring (bicyclic) bond motifs is 1. The predicted octanol–water partition coefficient (Wildman–Crippen LogP) is 9.35. The lowest BCUT2D eigenvalue weighted by Crippen LogP contribution is -2.11. The molecule has 0 unspecified atom stereocenters. The van der Waals surface area contributed by atoms with Gasteiger partial charge in [-0.25, -0.2) is 4.98 Å². The Bertz CT molecular complexity index is 1540. The van der Waals surface area contributed by atoms with Crippen molar-refractivity contribution in [2.75, 3.05) is 0 Å². The highest BCUT2D eigenvalue weighted by Crippen LogP contribution is 2.42. The molecule has 0 amide bonds. The molecule has 1 aromatic heterocycles. The smallest absolute Gasteiger partial charge is 0.139 e. The Morgan fingerprint density at radius 3 is 1.97 bits per heavy atom. The Morgan fingerprint density at radius 1 is 0.676 bits per heavy atom. The van der Waals surface area contributed by atoms with Crippen molar-refractivity contribution < 1.29 is 4.74 Å². The zero-order chi connectivity index (χ0) is 25.0. The molecule has 180 valence electrons. The lowest BCUT2D eigenvalue weighted by atomic mass is 9.84. The summed E-state index contributed by atoms with van der Waals surface area (Å²) in [5.41, 5.74) is 8.99. The van der Waals surface area contributed by atoms with Gasteiger partial charge in [-0.1, -0.05) is 103 Å². The molecule has 0 N–H and O–H groups in total. The number of allylic oxidation sites excluding steroid dienone is 1. The molecule has 5 aromatic rings. The largest absolute Gasteiger partial charge is 0.456 e. The molecule has 0 aliphatic heterocycles. The van der Waals surface area contributed by atoms with Crippen LogP contribution in [0.15, 0.2) is 121 Å². The molecule has 0 atom stereocenters. The molecule has 1 aliphatic rings. The highest BCUT2D eigenvalue weighted by atomic mass is 35.5. The Morgan fingerprint density at radius 2 is 1.30 bits per heavy atom. The van der Waals surface area contributed by atoms with Gasteiger partial charge in [-0.15, -0.1) is 0 Å². The van der Waals surface area contributed by atoms with Gasteiger partial charge < -0.3 is 4.74 Å². The maximum absolute atomic E-state index is 6.62. The van der Waals surface area contributed by atoms with Gasteiger partial charge in [-0.2, -0.15) is 0 Å². The number of nitrogens with zero attached hydrogens (tertiary/aromatic N) is 1. The summed E-state index contributed by atoms with van der Waals surface area (Å²) in [4.78, 5) is 5.29. The molecule has 4 aromatic carbocycles. The van der Waals surface area contributed by atoms with Gasteiger partial charge in [0.15, 0.2) is 0 Å². The van der Waals surface area contributed by atoms with Crippen LogP contribution in [0.5, 0.6) is 5.75 Å². The van der Waals surface area contributed by atoms with Gasteiger partial charge in [-0.3, -0.25) is 0 Å². The summed E-state index contributed by atoms with van der Waals surface area (Å²) in [6.07, 6.45) is 2.91. The number of aromatic nitrogens is 1. The number of hydrogen-bond donors (Lipinski definition) is 0. The van der Waals surface area contributed by atoms with E-state index in [1.54, 1.807) is 0 Å². The fourth-order valence-corrected chi connectivity index (χ4v) is 5.12. The standard InChI is InChI=1S/C34H26ClNO/c35-27-19-21-28(22-20-27)37-34(26-15-8-3-9-16-26)30-18-10-17-29-31(24-11-4-1-5-12-24)23-32(36-33(29)30)25-13-6-2-7-14-25/h1-9,11-16,19-23H,10,17-18H2. The van der Waals surface area contributed by atoms with E-state index < -0.39 is 0 Å². The summed E-state index contributed by atoms with van der Waals surface area (Å²) in [6.45, 7) is 0. The average molecular weight is 500 g/mol. The number of ether oxygens (including phenoxy) is 1. The van der Waals surface area contributed by atoms with Crippen LogP contribution in [-0.2, 0) is 6.42 Å². The quantitative estimate of drug-likeness (QED) is 0.225. The summed E-state index contributed by atoms with van der Waals surface area (Å²) in [7, 11) is 0. The summed E-state index contributed by atoms with van der Waals surface area (Å²) >= 11 is 6.15. The van der Waals surface area contributed by atoms with Crippen LogP contribution >= 0.6 is 11.6 Å². The van der Waals surface area contributed by atoms with E-state index in [0.717, 1.165) is 58.9 Å². The molecule has 0 saturated heterocycles. The van der Waals surface area contributed by atoms with Gasteiger partial charge in [-0.05, 0) is 66.3 Å². The van der Waals surface area contributed by atoms with Crippen LogP contribution in [0.2, 0.25) is 5.02 Å². The summed E-state index contributed by atoms with van der Waals surface area (Å²) in [5.74, 6) is 1.60. The third kappa shape index (κ3) is 4.94. The van der Waals surface area contributed by atoms with E-state index >= 15 is 0 Å². The van der Waals surface area contributed by atoms with Crippen molar-refractivity contribution in [1.82, 2.24) is 4.98 Å². The predicted molar refractivity (Wildman–Crippen MR) is 153 cm³/mol. The van der Waals surface area contributed by atoms with Gasteiger partial charge in [0.05, 0.1) is 11.4 Å². The van der Waals surface area contributed by atoms with E-state index in [2.05, 4.69) is 72.8 Å². The highest BCUT2D eigenvalue weighted by molar-refractivity contribution is 6.30. The van der Waals surface area contributed by atoms with Gasteiger partial charge >= 0.3 is 0 Å². The Labute approximate surface area is 222 Å². The van der Waals surface area contributed by atoms with Crippen molar-refractivity contribution in [2.24, 2.45) is 0 Å². The number of pyridine rings is 1. The van der Waals surface area contributed by atoms with Gasteiger partial charge in [0.1, 0.15) is 11.5 Å². The molecular weight excluding hydrogens is 474 g/mol. The molecule has 0 radical (unpaired) electrons.